The van der Waals surface area contributed by atoms with E-state index in [9.17, 15) is 0 Å². The lowest BCUT2D eigenvalue weighted by Gasteiger charge is -2.12. The topological polar surface area (TPSA) is 9.86 Å². The van der Waals surface area contributed by atoms with Crippen molar-refractivity contribution in [3.05, 3.63) is 170 Å². The van der Waals surface area contributed by atoms with E-state index in [1.807, 2.05) is 6.08 Å². The maximum Gasteiger partial charge on any atom is 0.0548 e. The lowest BCUT2D eigenvalue weighted by atomic mass is 10.00. The molecule has 206 valence electrons. The fourth-order valence-corrected chi connectivity index (χ4v) is 6.34. The second-order valence-corrected chi connectivity index (χ2v) is 10.7. The van der Waals surface area contributed by atoms with Crippen LogP contribution < -0.4 is 0 Å². The zero-order valence-electron chi connectivity index (χ0n) is 24.3. The van der Waals surface area contributed by atoms with Crippen LogP contribution in [0.2, 0.25) is 0 Å². The predicted molar refractivity (Wildman–Crippen MR) is 188 cm³/mol. The van der Waals surface area contributed by atoms with Crippen LogP contribution in [0.4, 0.5) is 0 Å². The van der Waals surface area contributed by atoms with Crippen LogP contribution in [0.1, 0.15) is 18.1 Å². The van der Waals surface area contributed by atoms with Gasteiger partial charge in [0.15, 0.2) is 0 Å². The van der Waals surface area contributed by atoms with Crippen LogP contribution in [0, 0.1) is 0 Å². The summed E-state index contributed by atoms with van der Waals surface area (Å²) in [5.74, 6) is 0. The van der Waals surface area contributed by atoms with E-state index in [0.717, 1.165) is 33.7 Å². The summed E-state index contributed by atoms with van der Waals surface area (Å²) in [7, 11) is 0. The van der Waals surface area contributed by atoms with E-state index >= 15 is 0 Å². The minimum Gasteiger partial charge on any atom is -0.310 e. The molecule has 7 aromatic rings. The van der Waals surface area contributed by atoms with Crippen LogP contribution in [0.15, 0.2) is 159 Å². The maximum atomic E-state index is 4.17. The van der Waals surface area contributed by atoms with Crippen molar-refractivity contribution in [2.75, 3.05) is 0 Å². The molecule has 0 radical (unpaired) electrons. The Morgan fingerprint density at radius 2 is 1.16 bits per heavy atom. The van der Waals surface area contributed by atoms with Crippen LogP contribution >= 0.6 is 0 Å². The van der Waals surface area contributed by atoms with Gasteiger partial charge in [-0.15, -0.1) is 0 Å². The highest BCUT2D eigenvalue weighted by Crippen LogP contribution is 2.42. The van der Waals surface area contributed by atoms with Crippen molar-refractivity contribution in [1.29, 1.82) is 0 Å². The monoisotopic (exact) mass is 552 g/mol. The number of fused-ring (bicyclic) bond motifs is 7. The summed E-state index contributed by atoms with van der Waals surface area (Å²) in [5, 5.41) is 5.02. The lowest BCUT2D eigenvalue weighted by Crippen LogP contribution is -1.96. The highest BCUT2D eigenvalue weighted by atomic mass is 15.0. The second kappa shape index (κ2) is 10.7. The minimum atomic E-state index is 0.912. The molecule has 0 atom stereocenters. The number of hydrogen-bond acceptors (Lipinski definition) is 0. The van der Waals surface area contributed by atoms with Gasteiger partial charge >= 0.3 is 0 Å². The van der Waals surface area contributed by atoms with E-state index < -0.39 is 0 Å². The van der Waals surface area contributed by atoms with Gasteiger partial charge in [-0.2, -0.15) is 0 Å². The standard InChI is InChI=1S/C41H32N2/c1-5-28(4)30-21-23-31(24-22-30)29(6-2)27-32(7-3)42-36-19-13-11-17-34(36)40-38(42)25-26-39-41(40)35-18-12-14-20-37(35)43(39)33-15-9-8-10-16-33/h5-27H,1-2,4H2,3H3/b29-27+,32-7+. The van der Waals surface area contributed by atoms with Gasteiger partial charge in [0.2, 0.25) is 0 Å². The Morgan fingerprint density at radius 1 is 0.581 bits per heavy atom. The SMILES string of the molecule is C=CC(=C)c1ccc(/C(C=C)=C/C(=C\C)n2c3ccccc3c3c4c5ccccc5n(-c5ccccc5)c4ccc32)cc1. The molecule has 0 fully saturated rings. The first kappa shape index (κ1) is 26.3. The Hall–Kier alpha value is -5.60. The highest BCUT2D eigenvalue weighted by molar-refractivity contribution is 6.29. The van der Waals surface area contributed by atoms with E-state index in [2.05, 4.69) is 163 Å². The van der Waals surface area contributed by atoms with Crippen LogP contribution in [0.3, 0.4) is 0 Å². The average molecular weight is 553 g/mol. The fraction of sp³-hybridized carbons (Fsp3) is 0.0244. The summed E-state index contributed by atoms with van der Waals surface area (Å²) >= 11 is 0. The molecule has 2 heteroatoms. The van der Waals surface area contributed by atoms with E-state index in [-0.39, 0.29) is 0 Å². The summed E-state index contributed by atoms with van der Waals surface area (Å²) in [6, 6.07) is 41.1. The zero-order chi connectivity index (χ0) is 29.5. The van der Waals surface area contributed by atoms with Gasteiger partial charge in [0.05, 0.1) is 22.1 Å². The molecule has 0 bridgehead atoms. The van der Waals surface area contributed by atoms with Crippen molar-refractivity contribution < 1.29 is 0 Å². The molecule has 0 saturated heterocycles. The Balaban J connectivity index is 1.50. The summed E-state index contributed by atoms with van der Waals surface area (Å²) < 4.78 is 4.77. The zero-order valence-corrected chi connectivity index (χ0v) is 24.3. The molecular weight excluding hydrogens is 520 g/mol. The van der Waals surface area contributed by atoms with Gasteiger partial charge in [-0.3, -0.25) is 0 Å². The van der Waals surface area contributed by atoms with E-state index in [1.165, 1.54) is 43.6 Å². The molecule has 0 amide bonds. The molecule has 0 aliphatic heterocycles. The van der Waals surface area contributed by atoms with E-state index in [4.69, 9.17) is 0 Å². The number of para-hydroxylation sites is 3. The Bertz CT molecular complexity index is 2270. The molecular formula is C41H32N2. The molecule has 43 heavy (non-hydrogen) atoms. The molecule has 0 spiro atoms. The molecule has 0 aliphatic carbocycles. The summed E-state index contributed by atoms with van der Waals surface area (Å²) in [6.45, 7) is 14.2. The fourth-order valence-electron chi connectivity index (χ4n) is 6.34. The Kier molecular flexibility index (Phi) is 6.52. The van der Waals surface area contributed by atoms with Crippen LogP contribution in [0.25, 0.3) is 66.1 Å². The largest absolute Gasteiger partial charge is 0.310 e. The number of benzene rings is 5. The molecule has 0 aliphatic rings. The average Bonchev–Trinajstić information content (AvgIpc) is 3.58. The van der Waals surface area contributed by atoms with Crippen molar-refractivity contribution in [2.24, 2.45) is 0 Å². The van der Waals surface area contributed by atoms with Crippen LogP contribution in [-0.2, 0) is 0 Å². The lowest BCUT2D eigenvalue weighted by molar-refractivity contribution is 1.18. The first-order valence-electron chi connectivity index (χ1n) is 14.6. The predicted octanol–water partition coefficient (Wildman–Crippen LogP) is 11.2. The molecule has 7 rings (SSSR count). The number of allylic oxidation sites excluding steroid dienone is 7. The van der Waals surface area contributed by atoms with Gasteiger partial charge in [0.1, 0.15) is 0 Å². The molecule has 2 nitrogen and oxygen atoms in total. The summed E-state index contributed by atoms with van der Waals surface area (Å²) in [6.07, 6.45) is 8.13. The van der Waals surface area contributed by atoms with Crippen molar-refractivity contribution in [3.8, 4) is 5.69 Å². The van der Waals surface area contributed by atoms with Crippen molar-refractivity contribution in [2.45, 2.75) is 6.92 Å². The van der Waals surface area contributed by atoms with Gasteiger partial charge in [-0.25, -0.2) is 0 Å². The van der Waals surface area contributed by atoms with Gasteiger partial charge in [0.25, 0.3) is 0 Å². The number of aromatic nitrogens is 2. The third-order valence-corrected chi connectivity index (χ3v) is 8.40. The third-order valence-electron chi connectivity index (χ3n) is 8.40. The molecule has 5 aromatic carbocycles. The second-order valence-electron chi connectivity index (χ2n) is 10.7. The first-order chi connectivity index (χ1) is 21.1. The Morgan fingerprint density at radius 3 is 1.84 bits per heavy atom. The first-order valence-corrected chi connectivity index (χ1v) is 14.6. The summed E-state index contributed by atoms with van der Waals surface area (Å²) in [4.78, 5) is 0. The molecule has 0 N–H and O–H groups in total. The van der Waals surface area contributed by atoms with Crippen molar-refractivity contribution in [1.82, 2.24) is 9.13 Å². The van der Waals surface area contributed by atoms with Crippen LogP contribution in [0.5, 0.6) is 0 Å². The summed E-state index contributed by atoms with van der Waals surface area (Å²) in [5.41, 5.74) is 11.1. The quantitative estimate of drug-likeness (QED) is 0.174. The van der Waals surface area contributed by atoms with E-state index in [0.29, 0.717) is 0 Å². The highest BCUT2D eigenvalue weighted by Gasteiger charge is 2.20. The number of nitrogens with zero attached hydrogens (tertiary/aromatic N) is 2. The van der Waals surface area contributed by atoms with Gasteiger partial charge in [-0.1, -0.05) is 117 Å². The van der Waals surface area contributed by atoms with Crippen molar-refractivity contribution in [3.63, 3.8) is 0 Å². The van der Waals surface area contributed by atoms with E-state index in [1.54, 1.807) is 6.08 Å². The van der Waals surface area contributed by atoms with Gasteiger partial charge in [-0.05, 0) is 71.7 Å². The van der Waals surface area contributed by atoms with Crippen LogP contribution in [-0.4, -0.2) is 9.13 Å². The third kappa shape index (κ3) is 4.19. The number of rotatable bonds is 7. The normalized spacial score (nSPS) is 12.4. The maximum absolute atomic E-state index is 4.17. The smallest absolute Gasteiger partial charge is 0.0548 e. The Labute approximate surface area is 252 Å². The molecule has 0 saturated carbocycles. The van der Waals surface area contributed by atoms with Crippen molar-refractivity contribution >= 4 is 60.5 Å². The van der Waals surface area contributed by atoms with Gasteiger partial charge in [0, 0.05) is 32.9 Å². The van der Waals surface area contributed by atoms with Gasteiger partial charge < -0.3 is 9.13 Å². The molecule has 2 aromatic heterocycles. The number of hydrogen-bond donors (Lipinski definition) is 0. The molecule has 0 unspecified atom stereocenters. The minimum absolute atomic E-state index is 0.912. The molecule has 2 heterocycles.